The summed E-state index contributed by atoms with van der Waals surface area (Å²) in [6.45, 7) is 3.12. The molecule has 0 saturated carbocycles. The van der Waals surface area contributed by atoms with E-state index in [-0.39, 0.29) is 0 Å². The molecule has 1 aliphatic heterocycles. The molecule has 48 valence electrons. The van der Waals surface area contributed by atoms with Crippen molar-refractivity contribution in [3.63, 3.8) is 0 Å². The first kappa shape index (κ1) is 4.97. The van der Waals surface area contributed by atoms with Gasteiger partial charge < -0.3 is 4.57 Å². The fourth-order valence-electron chi connectivity index (χ4n) is 1.30. The van der Waals surface area contributed by atoms with Crippen molar-refractivity contribution < 1.29 is 0 Å². The van der Waals surface area contributed by atoms with E-state index < -0.39 is 0 Å². The van der Waals surface area contributed by atoms with Crippen LogP contribution in [0.2, 0.25) is 0 Å². The zero-order chi connectivity index (χ0) is 6.27. The van der Waals surface area contributed by atoms with Gasteiger partial charge in [0.15, 0.2) is 0 Å². The molecule has 0 atom stereocenters. The first-order valence-corrected chi connectivity index (χ1v) is 3.26. The van der Waals surface area contributed by atoms with Crippen molar-refractivity contribution in [2.75, 3.05) is 0 Å². The van der Waals surface area contributed by atoms with E-state index in [1.165, 1.54) is 6.42 Å². The summed E-state index contributed by atoms with van der Waals surface area (Å²) >= 11 is 0. The second kappa shape index (κ2) is 1.56. The molecule has 2 heterocycles. The lowest BCUT2D eigenvalue weighted by molar-refractivity contribution is 0.715. The molecule has 0 N–H and O–H groups in total. The number of fused-ring (bicyclic) bond motifs is 1. The van der Waals surface area contributed by atoms with Crippen molar-refractivity contribution in [1.82, 2.24) is 14.8 Å². The standard InChI is InChI=1S/C6H9N3/c1-5-7-8-6-3-2-4-9(5)6/h2-4H2,1H3. The summed E-state index contributed by atoms with van der Waals surface area (Å²) in [5, 5.41) is 7.96. The lowest BCUT2D eigenvalue weighted by Crippen LogP contribution is -1.94. The molecule has 0 spiro atoms. The normalized spacial score (nSPS) is 16.1. The van der Waals surface area contributed by atoms with E-state index in [4.69, 9.17) is 0 Å². The summed E-state index contributed by atoms with van der Waals surface area (Å²) in [5.74, 6) is 2.22. The van der Waals surface area contributed by atoms with Gasteiger partial charge in [-0.15, -0.1) is 10.2 Å². The van der Waals surface area contributed by atoms with Gasteiger partial charge in [0.2, 0.25) is 0 Å². The van der Waals surface area contributed by atoms with Gasteiger partial charge in [-0.3, -0.25) is 0 Å². The minimum Gasteiger partial charge on any atom is -0.315 e. The first-order chi connectivity index (χ1) is 4.38. The molecule has 0 aliphatic carbocycles. The Hall–Kier alpha value is -0.860. The Bertz CT molecular complexity index is 226. The van der Waals surface area contributed by atoms with Crippen LogP contribution in [0.4, 0.5) is 0 Å². The summed E-state index contributed by atoms with van der Waals surface area (Å²) in [6.07, 6.45) is 2.35. The Morgan fingerprint density at radius 2 is 2.33 bits per heavy atom. The van der Waals surface area contributed by atoms with Crippen LogP contribution in [0.15, 0.2) is 0 Å². The molecule has 0 aromatic carbocycles. The molecular formula is C6H9N3. The second-order valence-corrected chi connectivity index (χ2v) is 2.42. The molecule has 1 aliphatic rings. The van der Waals surface area contributed by atoms with Gasteiger partial charge >= 0.3 is 0 Å². The fraction of sp³-hybridized carbons (Fsp3) is 0.667. The van der Waals surface area contributed by atoms with Crippen LogP contribution in [0.3, 0.4) is 0 Å². The summed E-state index contributed by atoms with van der Waals surface area (Å²) in [6, 6.07) is 0. The average molecular weight is 123 g/mol. The highest BCUT2D eigenvalue weighted by atomic mass is 15.3. The van der Waals surface area contributed by atoms with Crippen LogP contribution in [0.1, 0.15) is 18.1 Å². The van der Waals surface area contributed by atoms with E-state index in [1.807, 2.05) is 6.92 Å². The Kier molecular flexibility index (Phi) is 0.860. The fourth-order valence-corrected chi connectivity index (χ4v) is 1.30. The molecule has 0 fully saturated rings. The predicted octanol–water partition coefficient (Wildman–Crippen LogP) is 0.533. The Morgan fingerprint density at radius 1 is 1.44 bits per heavy atom. The van der Waals surface area contributed by atoms with Crippen LogP contribution >= 0.6 is 0 Å². The van der Waals surface area contributed by atoms with Crippen molar-refractivity contribution in [1.29, 1.82) is 0 Å². The Morgan fingerprint density at radius 3 is 3.11 bits per heavy atom. The summed E-state index contributed by atoms with van der Waals surface area (Å²) in [5.41, 5.74) is 0. The summed E-state index contributed by atoms with van der Waals surface area (Å²) in [7, 11) is 0. The lowest BCUT2D eigenvalue weighted by atomic mass is 10.4. The van der Waals surface area contributed by atoms with E-state index in [1.54, 1.807) is 0 Å². The largest absolute Gasteiger partial charge is 0.315 e. The van der Waals surface area contributed by atoms with Crippen LogP contribution in [0.5, 0.6) is 0 Å². The SMILES string of the molecule is Cc1nnc2n1CCC2. The summed E-state index contributed by atoms with van der Waals surface area (Å²) in [4.78, 5) is 0. The highest BCUT2D eigenvalue weighted by Gasteiger charge is 2.13. The van der Waals surface area contributed by atoms with Crippen LogP contribution in [0, 0.1) is 6.92 Å². The van der Waals surface area contributed by atoms with E-state index in [0.717, 1.165) is 24.6 Å². The lowest BCUT2D eigenvalue weighted by Gasteiger charge is -1.92. The Balaban J connectivity index is 2.56. The maximum absolute atomic E-state index is 4.01. The molecule has 3 nitrogen and oxygen atoms in total. The zero-order valence-corrected chi connectivity index (χ0v) is 5.46. The minimum atomic E-state index is 1.06. The molecule has 1 aromatic heterocycles. The average Bonchev–Trinajstić information content (AvgIpc) is 2.35. The third-order valence-electron chi connectivity index (χ3n) is 1.79. The monoisotopic (exact) mass is 123 g/mol. The summed E-state index contributed by atoms with van der Waals surface area (Å²) < 4.78 is 2.18. The molecule has 0 unspecified atom stereocenters. The van der Waals surface area contributed by atoms with Crippen LogP contribution < -0.4 is 0 Å². The zero-order valence-electron chi connectivity index (χ0n) is 5.46. The van der Waals surface area contributed by atoms with Gasteiger partial charge in [-0.1, -0.05) is 0 Å². The Labute approximate surface area is 53.7 Å². The van der Waals surface area contributed by atoms with Gasteiger partial charge in [0, 0.05) is 13.0 Å². The highest BCUT2D eigenvalue weighted by Crippen LogP contribution is 2.12. The van der Waals surface area contributed by atoms with Crippen molar-refractivity contribution in [2.24, 2.45) is 0 Å². The highest BCUT2D eigenvalue weighted by molar-refractivity contribution is 4.97. The number of nitrogens with zero attached hydrogens (tertiary/aromatic N) is 3. The molecular weight excluding hydrogens is 114 g/mol. The van der Waals surface area contributed by atoms with Gasteiger partial charge in [-0.05, 0) is 13.3 Å². The number of hydrogen-bond acceptors (Lipinski definition) is 2. The maximum Gasteiger partial charge on any atom is 0.133 e. The number of aromatic nitrogens is 3. The minimum absolute atomic E-state index is 1.06. The maximum atomic E-state index is 4.01. The third-order valence-corrected chi connectivity index (χ3v) is 1.79. The topological polar surface area (TPSA) is 30.7 Å². The van der Waals surface area contributed by atoms with Crippen molar-refractivity contribution >= 4 is 0 Å². The van der Waals surface area contributed by atoms with Gasteiger partial charge in [-0.2, -0.15) is 0 Å². The van der Waals surface area contributed by atoms with Crippen LogP contribution in [0.25, 0.3) is 0 Å². The van der Waals surface area contributed by atoms with Crippen molar-refractivity contribution in [2.45, 2.75) is 26.3 Å². The first-order valence-electron chi connectivity index (χ1n) is 3.26. The molecule has 1 aromatic rings. The smallest absolute Gasteiger partial charge is 0.133 e. The molecule has 0 radical (unpaired) electrons. The molecule has 0 bridgehead atoms. The molecule has 2 rings (SSSR count). The van der Waals surface area contributed by atoms with E-state index in [9.17, 15) is 0 Å². The van der Waals surface area contributed by atoms with Crippen molar-refractivity contribution in [3.05, 3.63) is 11.6 Å². The van der Waals surface area contributed by atoms with Crippen LogP contribution in [-0.2, 0) is 13.0 Å². The second-order valence-electron chi connectivity index (χ2n) is 2.42. The molecule has 0 saturated heterocycles. The number of aryl methyl sites for hydroxylation is 2. The third kappa shape index (κ3) is 0.573. The van der Waals surface area contributed by atoms with Gasteiger partial charge in [0.05, 0.1) is 0 Å². The van der Waals surface area contributed by atoms with E-state index in [2.05, 4.69) is 14.8 Å². The number of hydrogen-bond donors (Lipinski definition) is 0. The molecule has 0 amide bonds. The van der Waals surface area contributed by atoms with Crippen molar-refractivity contribution in [3.8, 4) is 0 Å². The molecule has 9 heavy (non-hydrogen) atoms. The quantitative estimate of drug-likeness (QED) is 0.504. The van der Waals surface area contributed by atoms with Gasteiger partial charge in [-0.25, -0.2) is 0 Å². The van der Waals surface area contributed by atoms with Gasteiger partial charge in [0.1, 0.15) is 11.6 Å². The van der Waals surface area contributed by atoms with Crippen LogP contribution in [-0.4, -0.2) is 14.8 Å². The predicted molar refractivity (Wildman–Crippen MR) is 33.1 cm³/mol. The number of rotatable bonds is 0. The van der Waals surface area contributed by atoms with E-state index in [0.29, 0.717) is 0 Å². The van der Waals surface area contributed by atoms with E-state index >= 15 is 0 Å². The van der Waals surface area contributed by atoms with Gasteiger partial charge in [0.25, 0.3) is 0 Å². The molecule has 3 heteroatoms.